The van der Waals surface area contributed by atoms with Crippen LogP contribution < -0.4 is 10.1 Å². The molecule has 0 aliphatic heterocycles. The van der Waals surface area contributed by atoms with Gasteiger partial charge < -0.3 is 10.1 Å². The molecule has 0 radical (unpaired) electrons. The molecule has 0 unspecified atom stereocenters. The molecule has 0 saturated heterocycles. The van der Waals surface area contributed by atoms with Crippen LogP contribution in [0.5, 0.6) is 5.75 Å². The summed E-state index contributed by atoms with van der Waals surface area (Å²) in [5.74, 6) is 0.543. The minimum atomic E-state index is -0.166. The molecule has 0 aliphatic rings. The molecule has 1 aromatic heterocycles. The Kier molecular flexibility index (Phi) is 6.26. The zero-order chi connectivity index (χ0) is 20.3. The number of benzene rings is 2. The molecule has 1 heterocycles. The van der Waals surface area contributed by atoms with Gasteiger partial charge in [0.2, 0.25) is 5.91 Å². The fraction of sp³-hybridized carbons (Fsp3) is 0.250. The molecule has 2 aromatic carbocycles. The second kappa shape index (κ2) is 8.67. The number of carbonyl (C=O) groups excluding carboxylic acids is 1. The lowest BCUT2D eigenvalue weighted by atomic mass is 10.1. The first-order valence-electron chi connectivity index (χ1n) is 8.63. The van der Waals surface area contributed by atoms with E-state index in [-0.39, 0.29) is 11.7 Å². The predicted molar refractivity (Wildman–Crippen MR) is 113 cm³/mol. The quantitative estimate of drug-likeness (QED) is 0.595. The summed E-state index contributed by atoms with van der Waals surface area (Å²) in [4.78, 5) is 12.5. The molecule has 28 heavy (non-hydrogen) atoms. The molecule has 8 heteroatoms. The van der Waals surface area contributed by atoms with Gasteiger partial charge in [0.15, 0.2) is 5.16 Å². The van der Waals surface area contributed by atoms with Gasteiger partial charge >= 0.3 is 0 Å². The number of halogens is 1. The fourth-order valence-electron chi connectivity index (χ4n) is 2.81. The molecule has 6 nitrogen and oxygen atoms in total. The lowest BCUT2D eigenvalue weighted by Crippen LogP contribution is -2.15. The highest BCUT2D eigenvalue weighted by Gasteiger charge is 2.14. The van der Waals surface area contributed by atoms with Crippen molar-refractivity contribution in [3.8, 4) is 11.4 Å². The molecule has 1 N–H and O–H groups in total. The highest BCUT2D eigenvalue weighted by molar-refractivity contribution is 7.99. The number of methoxy groups -OCH3 is 1. The van der Waals surface area contributed by atoms with Gasteiger partial charge in [-0.1, -0.05) is 41.1 Å². The van der Waals surface area contributed by atoms with Crippen LogP contribution in [-0.2, 0) is 4.79 Å². The van der Waals surface area contributed by atoms with E-state index in [2.05, 4.69) is 28.5 Å². The number of nitrogens with one attached hydrogen (secondary N) is 1. The number of nitrogens with zero attached hydrogens (tertiary/aromatic N) is 3. The Morgan fingerprint density at radius 2 is 2.00 bits per heavy atom. The van der Waals surface area contributed by atoms with Crippen molar-refractivity contribution in [2.24, 2.45) is 0 Å². The van der Waals surface area contributed by atoms with Gasteiger partial charge in [0.05, 0.1) is 24.2 Å². The van der Waals surface area contributed by atoms with E-state index < -0.39 is 0 Å². The van der Waals surface area contributed by atoms with Gasteiger partial charge in [0.25, 0.3) is 0 Å². The van der Waals surface area contributed by atoms with E-state index in [4.69, 9.17) is 16.3 Å². The van der Waals surface area contributed by atoms with Gasteiger partial charge in [0.1, 0.15) is 12.1 Å². The number of anilines is 1. The molecule has 0 fully saturated rings. The summed E-state index contributed by atoms with van der Waals surface area (Å²) in [6, 6.07) is 9.65. The van der Waals surface area contributed by atoms with Crippen molar-refractivity contribution in [2.75, 3.05) is 18.2 Å². The highest BCUT2D eigenvalue weighted by Crippen LogP contribution is 2.31. The Labute approximate surface area is 173 Å². The topological polar surface area (TPSA) is 69.0 Å². The summed E-state index contributed by atoms with van der Waals surface area (Å²) in [6.07, 6.45) is 1.66. The van der Waals surface area contributed by atoms with E-state index in [0.29, 0.717) is 21.6 Å². The van der Waals surface area contributed by atoms with E-state index in [1.807, 2.05) is 30.5 Å². The Hall–Kier alpha value is -2.51. The van der Waals surface area contributed by atoms with Gasteiger partial charge in [-0.05, 0) is 44.0 Å². The summed E-state index contributed by atoms with van der Waals surface area (Å²) >= 11 is 7.43. The van der Waals surface area contributed by atoms with Crippen LogP contribution in [0.3, 0.4) is 0 Å². The van der Waals surface area contributed by atoms with E-state index >= 15 is 0 Å². The number of thioether (sulfide) groups is 1. The van der Waals surface area contributed by atoms with Gasteiger partial charge in [-0.2, -0.15) is 0 Å². The number of hydrogen-bond acceptors (Lipinski definition) is 5. The summed E-state index contributed by atoms with van der Waals surface area (Å²) in [6.45, 7) is 5.97. The Bertz CT molecular complexity index is 1020. The van der Waals surface area contributed by atoms with Crippen molar-refractivity contribution in [3.63, 3.8) is 0 Å². The number of amides is 1. The number of hydrogen-bond donors (Lipinski definition) is 1. The maximum absolute atomic E-state index is 12.5. The molecule has 0 aliphatic carbocycles. The normalized spacial score (nSPS) is 10.8. The van der Waals surface area contributed by atoms with E-state index in [1.54, 1.807) is 18.5 Å². The number of aromatic nitrogens is 3. The SMILES string of the molecule is COc1cc(Cl)c(C)cc1NC(=O)CSc1nncn1-c1ccc(C)cc1C. The van der Waals surface area contributed by atoms with Crippen molar-refractivity contribution in [1.29, 1.82) is 0 Å². The molecule has 3 rings (SSSR count). The average Bonchev–Trinajstić information content (AvgIpc) is 3.11. The van der Waals surface area contributed by atoms with Crippen LogP contribution in [0.15, 0.2) is 41.8 Å². The summed E-state index contributed by atoms with van der Waals surface area (Å²) in [5, 5.41) is 12.3. The largest absolute Gasteiger partial charge is 0.495 e. The molecule has 3 aromatic rings. The second-order valence-corrected chi connectivity index (χ2v) is 7.76. The monoisotopic (exact) mass is 416 g/mol. The Morgan fingerprint density at radius 3 is 2.71 bits per heavy atom. The molecule has 146 valence electrons. The highest BCUT2D eigenvalue weighted by atomic mass is 35.5. The predicted octanol–water partition coefficient (Wildman–Crippen LogP) is 4.59. The Morgan fingerprint density at radius 1 is 1.21 bits per heavy atom. The number of aryl methyl sites for hydroxylation is 3. The fourth-order valence-corrected chi connectivity index (χ4v) is 3.69. The van der Waals surface area contributed by atoms with Crippen molar-refractivity contribution >= 4 is 35.0 Å². The van der Waals surface area contributed by atoms with Crippen molar-refractivity contribution in [3.05, 3.63) is 58.4 Å². The number of rotatable bonds is 6. The first-order valence-corrected chi connectivity index (χ1v) is 10.00. The maximum Gasteiger partial charge on any atom is 0.234 e. The van der Waals surface area contributed by atoms with Crippen LogP contribution in [0.25, 0.3) is 5.69 Å². The molecular formula is C20H21ClN4O2S. The third kappa shape index (κ3) is 4.48. The summed E-state index contributed by atoms with van der Waals surface area (Å²) < 4.78 is 7.19. The lowest BCUT2D eigenvalue weighted by Gasteiger charge is -2.12. The minimum Gasteiger partial charge on any atom is -0.495 e. The van der Waals surface area contributed by atoms with Gasteiger partial charge in [-0.15, -0.1) is 10.2 Å². The molecule has 0 bridgehead atoms. The number of ether oxygens (including phenoxy) is 1. The van der Waals surface area contributed by atoms with Crippen LogP contribution in [0, 0.1) is 20.8 Å². The molecule has 0 atom stereocenters. The second-order valence-electron chi connectivity index (χ2n) is 6.41. The van der Waals surface area contributed by atoms with E-state index in [9.17, 15) is 4.79 Å². The molecule has 0 saturated carbocycles. The first kappa shape index (κ1) is 20.2. The molecular weight excluding hydrogens is 396 g/mol. The van der Waals surface area contributed by atoms with Crippen LogP contribution >= 0.6 is 23.4 Å². The van der Waals surface area contributed by atoms with Crippen LogP contribution in [0.2, 0.25) is 5.02 Å². The van der Waals surface area contributed by atoms with Crippen molar-refractivity contribution < 1.29 is 9.53 Å². The standard InChI is InChI=1S/C20H21ClN4O2S/c1-12-5-6-17(14(3)7-12)25-11-22-24-20(25)28-10-19(26)23-16-8-13(2)15(21)9-18(16)27-4/h5-9,11H,10H2,1-4H3,(H,23,26). The summed E-state index contributed by atoms with van der Waals surface area (Å²) in [5.41, 5.74) is 4.75. The van der Waals surface area contributed by atoms with Crippen LogP contribution in [-0.4, -0.2) is 33.5 Å². The minimum absolute atomic E-state index is 0.166. The van der Waals surface area contributed by atoms with Crippen LogP contribution in [0.1, 0.15) is 16.7 Å². The smallest absolute Gasteiger partial charge is 0.234 e. The third-order valence-electron chi connectivity index (χ3n) is 4.22. The zero-order valence-corrected chi connectivity index (χ0v) is 17.7. The van der Waals surface area contributed by atoms with Crippen LogP contribution in [0.4, 0.5) is 5.69 Å². The maximum atomic E-state index is 12.5. The van der Waals surface area contributed by atoms with Crippen molar-refractivity contribution in [2.45, 2.75) is 25.9 Å². The zero-order valence-electron chi connectivity index (χ0n) is 16.1. The Balaban J connectivity index is 1.71. The lowest BCUT2D eigenvalue weighted by molar-refractivity contribution is -0.113. The molecule has 1 amide bonds. The number of carbonyl (C=O) groups is 1. The van der Waals surface area contributed by atoms with E-state index in [1.165, 1.54) is 24.4 Å². The van der Waals surface area contributed by atoms with Crippen molar-refractivity contribution in [1.82, 2.24) is 14.8 Å². The third-order valence-corrected chi connectivity index (χ3v) is 5.57. The molecule has 0 spiro atoms. The first-order chi connectivity index (χ1) is 13.4. The van der Waals surface area contributed by atoms with Gasteiger partial charge in [0, 0.05) is 11.1 Å². The van der Waals surface area contributed by atoms with E-state index in [0.717, 1.165) is 16.8 Å². The average molecular weight is 417 g/mol. The summed E-state index contributed by atoms with van der Waals surface area (Å²) in [7, 11) is 1.54. The van der Waals surface area contributed by atoms with Gasteiger partial charge in [-0.3, -0.25) is 9.36 Å². The van der Waals surface area contributed by atoms with Gasteiger partial charge in [-0.25, -0.2) is 0 Å².